The first-order chi connectivity index (χ1) is 17.2. The monoisotopic (exact) mass is 457 g/mol. The zero-order chi connectivity index (χ0) is 23.8. The maximum atomic E-state index is 13.3. The van der Waals surface area contributed by atoms with Crippen molar-refractivity contribution >= 4 is 33.4 Å². The number of para-hydroxylation sites is 3. The molecule has 0 aliphatic carbocycles. The van der Waals surface area contributed by atoms with Crippen LogP contribution in [0.1, 0.15) is 10.5 Å². The van der Waals surface area contributed by atoms with Gasteiger partial charge in [0.1, 0.15) is 6.33 Å². The minimum atomic E-state index is -0.397. The van der Waals surface area contributed by atoms with E-state index >= 15 is 0 Å². The third kappa shape index (κ3) is 3.65. The Hall–Kier alpha value is -5.04. The summed E-state index contributed by atoms with van der Waals surface area (Å²) in [5.41, 5.74) is 3.95. The van der Waals surface area contributed by atoms with Crippen molar-refractivity contribution in [2.24, 2.45) is 0 Å². The molecule has 0 atom stereocenters. The highest BCUT2D eigenvalue weighted by molar-refractivity contribution is 6.11. The summed E-state index contributed by atoms with van der Waals surface area (Å²) >= 11 is 0. The molecule has 7 nitrogen and oxygen atoms in total. The number of nitrogens with one attached hydrogen (secondary N) is 1. The van der Waals surface area contributed by atoms with Crippen molar-refractivity contribution in [2.45, 2.75) is 0 Å². The summed E-state index contributed by atoms with van der Waals surface area (Å²) in [4.78, 5) is 30.8. The highest BCUT2D eigenvalue weighted by atomic mass is 16.2. The number of carbonyl (C=O) groups excluding carboxylic acids is 1. The van der Waals surface area contributed by atoms with Crippen LogP contribution < -0.4 is 10.9 Å². The molecule has 4 aromatic carbocycles. The van der Waals surface area contributed by atoms with Crippen molar-refractivity contribution in [2.75, 3.05) is 5.32 Å². The Kier molecular flexibility index (Phi) is 4.93. The minimum Gasteiger partial charge on any atom is -0.321 e. The molecular formula is C28H19N5O2. The van der Waals surface area contributed by atoms with Crippen molar-refractivity contribution < 1.29 is 4.79 Å². The fraction of sp³-hybridized carbons (Fsp3) is 0. The third-order valence-corrected chi connectivity index (χ3v) is 5.88. The van der Waals surface area contributed by atoms with Crippen LogP contribution >= 0.6 is 0 Å². The van der Waals surface area contributed by atoms with E-state index in [4.69, 9.17) is 0 Å². The number of carbonyl (C=O) groups is 1. The highest BCUT2D eigenvalue weighted by Crippen LogP contribution is 2.21. The van der Waals surface area contributed by atoms with Gasteiger partial charge in [-0.3, -0.25) is 14.2 Å². The van der Waals surface area contributed by atoms with Gasteiger partial charge in [-0.15, -0.1) is 0 Å². The number of nitrogens with zero attached hydrogens (tertiary/aromatic N) is 4. The van der Waals surface area contributed by atoms with Crippen LogP contribution in [0.4, 0.5) is 5.69 Å². The second-order valence-electron chi connectivity index (χ2n) is 8.05. The normalized spacial score (nSPS) is 11.1. The van der Waals surface area contributed by atoms with Gasteiger partial charge in [-0.1, -0.05) is 48.5 Å². The predicted molar refractivity (Wildman–Crippen MR) is 136 cm³/mol. The van der Waals surface area contributed by atoms with E-state index in [1.165, 1.54) is 4.68 Å². The lowest BCUT2D eigenvalue weighted by Crippen LogP contribution is -2.26. The van der Waals surface area contributed by atoms with Crippen LogP contribution in [-0.2, 0) is 0 Å². The van der Waals surface area contributed by atoms with E-state index in [2.05, 4.69) is 15.4 Å². The maximum Gasteiger partial charge on any atom is 0.279 e. The van der Waals surface area contributed by atoms with Gasteiger partial charge in [-0.05, 0) is 54.6 Å². The van der Waals surface area contributed by atoms with Crippen molar-refractivity contribution in [1.29, 1.82) is 0 Å². The first-order valence-electron chi connectivity index (χ1n) is 11.1. The number of hydrogen-bond donors (Lipinski definition) is 1. The highest BCUT2D eigenvalue weighted by Gasteiger charge is 2.18. The first kappa shape index (κ1) is 20.6. The molecule has 168 valence electrons. The van der Waals surface area contributed by atoms with E-state index in [0.29, 0.717) is 22.1 Å². The molecule has 0 fully saturated rings. The average Bonchev–Trinajstić information content (AvgIpc) is 3.34. The van der Waals surface area contributed by atoms with Gasteiger partial charge in [0.15, 0.2) is 5.69 Å². The molecule has 6 aromatic rings. The third-order valence-electron chi connectivity index (χ3n) is 5.88. The Morgan fingerprint density at radius 1 is 0.714 bits per heavy atom. The molecule has 0 saturated heterocycles. The van der Waals surface area contributed by atoms with Crippen LogP contribution in [-0.4, -0.2) is 25.2 Å². The molecule has 2 aromatic heterocycles. The van der Waals surface area contributed by atoms with Crippen LogP contribution in [0.3, 0.4) is 0 Å². The molecule has 0 aliphatic rings. The van der Waals surface area contributed by atoms with Gasteiger partial charge < -0.3 is 5.32 Å². The quantitative estimate of drug-likeness (QED) is 0.405. The zero-order valence-corrected chi connectivity index (χ0v) is 18.5. The largest absolute Gasteiger partial charge is 0.321 e. The van der Waals surface area contributed by atoms with Crippen LogP contribution in [0.5, 0.6) is 0 Å². The van der Waals surface area contributed by atoms with E-state index < -0.39 is 5.91 Å². The first-order valence-corrected chi connectivity index (χ1v) is 11.1. The average molecular weight is 457 g/mol. The molecule has 35 heavy (non-hydrogen) atoms. The summed E-state index contributed by atoms with van der Waals surface area (Å²) in [6.07, 6.45) is 1.78. The predicted octanol–water partition coefficient (Wildman–Crippen LogP) is 4.98. The Balaban J connectivity index is 1.36. The number of anilines is 1. The molecule has 0 unspecified atom stereocenters. The Morgan fingerprint density at radius 3 is 2.20 bits per heavy atom. The van der Waals surface area contributed by atoms with Gasteiger partial charge in [0, 0.05) is 16.8 Å². The molecular weight excluding hydrogens is 438 g/mol. The molecule has 2 heterocycles. The molecule has 1 N–H and O–H groups in total. The molecule has 0 spiro atoms. The number of aromatic nitrogens is 4. The topological polar surface area (TPSA) is 81.8 Å². The lowest BCUT2D eigenvalue weighted by atomic mass is 10.1. The second-order valence-corrected chi connectivity index (χ2v) is 8.05. The fourth-order valence-electron chi connectivity index (χ4n) is 4.16. The lowest BCUT2D eigenvalue weighted by molar-refractivity contribution is 0.102. The van der Waals surface area contributed by atoms with E-state index in [1.807, 2.05) is 71.3 Å². The maximum absolute atomic E-state index is 13.3. The zero-order valence-electron chi connectivity index (χ0n) is 18.5. The number of amides is 1. The molecule has 0 bridgehead atoms. The molecule has 1 amide bonds. The number of hydrogen-bond acceptors (Lipinski definition) is 4. The van der Waals surface area contributed by atoms with Gasteiger partial charge in [-0.2, -0.15) is 9.78 Å². The molecule has 0 aliphatic heterocycles. The summed E-state index contributed by atoms with van der Waals surface area (Å²) in [5.74, 6) is -0.397. The minimum absolute atomic E-state index is 0.175. The Bertz CT molecular complexity index is 1750. The van der Waals surface area contributed by atoms with Crippen molar-refractivity contribution in [3.05, 3.63) is 126 Å². The van der Waals surface area contributed by atoms with E-state index in [9.17, 15) is 9.59 Å². The van der Waals surface area contributed by atoms with Crippen LogP contribution in [0.25, 0.3) is 33.2 Å². The van der Waals surface area contributed by atoms with Gasteiger partial charge in [0.05, 0.1) is 22.1 Å². The van der Waals surface area contributed by atoms with Crippen molar-refractivity contribution in [1.82, 2.24) is 19.3 Å². The summed E-state index contributed by atoms with van der Waals surface area (Å²) in [5, 5.41) is 8.29. The summed E-state index contributed by atoms with van der Waals surface area (Å²) in [7, 11) is 0. The van der Waals surface area contributed by atoms with Crippen molar-refractivity contribution in [3.63, 3.8) is 0 Å². The van der Waals surface area contributed by atoms with E-state index in [1.54, 1.807) is 42.7 Å². The van der Waals surface area contributed by atoms with Crippen molar-refractivity contribution in [3.8, 4) is 11.4 Å². The Morgan fingerprint density at radius 2 is 1.40 bits per heavy atom. The summed E-state index contributed by atoms with van der Waals surface area (Å²) < 4.78 is 3.26. The van der Waals surface area contributed by atoms with Gasteiger partial charge in [-0.25, -0.2) is 4.98 Å². The second kappa shape index (κ2) is 8.39. The van der Waals surface area contributed by atoms with Gasteiger partial charge in [0.25, 0.3) is 11.5 Å². The standard InChI is InChI=1S/C28H19N5O2/c34-27(30-19-14-16-20(17-15-19)32-18-29-24-12-6-7-13-25(24)32)26-22-10-4-5-11-23(22)28(35)33(31-26)21-8-2-1-3-9-21/h1-18H,(H,30,34). The Labute approximate surface area is 199 Å². The number of fused-ring (bicyclic) bond motifs is 2. The van der Waals surface area contributed by atoms with E-state index in [0.717, 1.165) is 16.7 Å². The fourth-order valence-corrected chi connectivity index (χ4v) is 4.16. The van der Waals surface area contributed by atoms with Gasteiger partial charge >= 0.3 is 0 Å². The number of rotatable bonds is 4. The molecule has 6 rings (SSSR count). The molecule has 0 saturated carbocycles. The number of imidazole rings is 1. The van der Waals surface area contributed by atoms with Crippen LogP contribution in [0.2, 0.25) is 0 Å². The van der Waals surface area contributed by atoms with Gasteiger partial charge in [0.2, 0.25) is 0 Å². The summed E-state index contributed by atoms with van der Waals surface area (Å²) in [6, 6.07) is 31.5. The smallest absolute Gasteiger partial charge is 0.279 e. The summed E-state index contributed by atoms with van der Waals surface area (Å²) in [6.45, 7) is 0. The molecule has 7 heteroatoms. The lowest BCUT2D eigenvalue weighted by Gasteiger charge is -2.12. The van der Waals surface area contributed by atoms with Crippen LogP contribution in [0, 0.1) is 0 Å². The SMILES string of the molecule is O=C(Nc1ccc(-n2cnc3ccccc32)cc1)c1nn(-c2ccccc2)c(=O)c2ccccc12. The number of benzene rings is 4. The molecule has 0 radical (unpaired) electrons. The van der Waals surface area contributed by atoms with Crippen LogP contribution in [0.15, 0.2) is 114 Å². The van der Waals surface area contributed by atoms with E-state index in [-0.39, 0.29) is 11.3 Å².